The zero-order valence-electron chi connectivity index (χ0n) is 11.8. The number of amides is 1. The molecule has 9 heteroatoms. The Kier molecular flexibility index (Phi) is 5.55. The van der Waals surface area contributed by atoms with Crippen molar-refractivity contribution < 1.29 is 13.2 Å². The van der Waals surface area contributed by atoms with Crippen LogP contribution in [0.1, 0.15) is 20.3 Å². The molecule has 1 aromatic heterocycles. The van der Waals surface area contributed by atoms with Crippen LogP contribution < -0.4 is 10.0 Å². The molecule has 1 amide bonds. The molecule has 0 aliphatic heterocycles. The van der Waals surface area contributed by atoms with E-state index in [1.54, 1.807) is 7.05 Å². The maximum atomic E-state index is 12.2. The molecule has 1 rings (SSSR count). The van der Waals surface area contributed by atoms with Gasteiger partial charge in [0.15, 0.2) is 0 Å². The molecule has 7 nitrogen and oxygen atoms in total. The highest BCUT2D eigenvalue weighted by atomic mass is 35.5. The van der Waals surface area contributed by atoms with E-state index in [2.05, 4.69) is 15.0 Å². The van der Waals surface area contributed by atoms with Gasteiger partial charge in [0.2, 0.25) is 10.9 Å². The van der Waals surface area contributed by atoms with Gasteiger partial charge >= 0.3 is 0 Å². The number of nitrogens with zero attached hydrogens (tertiary/aromatic N) is 2. The smallest absolute Gasteiger partial charge is 0.261 e. The number of hydrogen-bond donors (Lipinski definition) is 2. The van der Waals surface area contributed by atoms with E-state index in [9.17, 15) is 13.2 Å². The Morgan fingerprint density at radius 2 is 2.10 bits per heavy atom. The predicted molar refractivity (Wildman–Crippen MR) is 75.8 cm³/mol. The lowest BCUT2D eigenvalue weighted by atomic mass is 10.0. The average molecular weight is 323 g/mol. The quantitative estimate of drug-likeness (QED) is 0.798. The van der Waals surface area contributed by atoms with Crippen molar-refractivity contribution in [2.45, 2.75) is 31.3 Å². The fourth-order valence-electron chi connectivity index (χ4n) is 1.67. The third kappa shape index (κ3) is 3.94. The molecule has 0 bridgehead atoms. The number of carbonyl (C=O) groups is 1. The van der Waals surface area contributed by atoms with Crippen LogP contribution in [0.3, 0.4) is 0 Å². The first-order valence-electron chi connectivity index (χ1n) is 6.09. The topological polar surface area (TPSA) is 93.1 Å². The zero-order chi connectivity index (χ0) is 15.5. The third-order valence-corrected chi connectivity index (χ3v) is 4.62. The summed E-state index contributed by atoms with van der Waals surface area (Å²) in [6.07, 6.45) is 1.68. The van der Waals surface area contributed by atoms with E-state index in [1.165, 1.54) is 17.9 Å². The lowest BCUT2D eigenvalue weighted by molar-refractivity contribution is -0.122. The number of nitrogens with one attached hydrogen (secondary N) is 2. The largest absolute Gasteiger partial charge is 0.358 e. The molecule has 114 valence electrons. The van der Waals surface area contributed by atoms with Crippen LogP contribution >= 0.6 is 11.6 Å². The van der Waals surface area contributed by atoms with Gasteiger partial charge in [-0.25, -0.2) is 13.4 Å². The summed E-state index contributed by atoms with van der Waals surface area (Å²) in [5, 5.41) is 2.16. The van der Waals surface area contributed by atoms with Gasteiger partial charge in [0, 0.05) is 14.1 Å². The second kappa shape index (κ2) is 6.55. The molecule has 0 aliphatic rings. The van der Waals surface area contributed by atoms with Crippen molar-refractivity contribution in [2.24, 2.45) is 13.0 Å². The van der Waals surface area contributed by atoms with Crippen molar-refractivity contribution in [1.29, 1.82) is 0 Å². The molecule has 0 radical (unpaired) electrons. The van der Waals surface area contributed by atoms with Crippen molar-refractivity contribution in [1.82, 2.24) is 19.6 Å². The van der Waals surface area contributed by atoms with Gasteiger partial charge in [0.25, 0.3) is 10.0 Å². The minimum atomic E-state index is -3.94. The minimum Gasteiger partial charge on any atom is -0.358 e. The normalized spacial score (nSPS) is 13.5. The molecule has 1 atom stereocenters. The summed E-state index contributed by atoms with van der Waals surface area (Å²) >= 11 is 5.88. The monoisotopic (exact) mass is 322 g/mol. The van der Waals surface area contributed by atoms with Crippen molar-refractivity contribution in [3.63, 3.8) is 0 Å². The molecule has 1 heterocycles. The van der Waals surface area contributed by atoms with Crippen molar-refractivity contribution in [2.75, 3.05) is 7.05 Å². The van der Waals surface area contributed by atoms with Crippen LogP contribution in [0.4, 0.5) is 0 Å². The number of aryl methyl sites for hydroxylation is 1. The Morgan fingerprint density at radius 3 is 2.50 bits per heavy atom. The van der Waals surface area contributed by atoms with E-state index >= 15 is 0 Å². The van der Waals surface area contributed by atoms with Gasteiger partial charge in [-0.15, -0.1) is 0 Å². The lowest BCUT2D eigenvalue weighted by Gasteiger charge is -2.18. The molecule has 2 N–H and O–H groups in total. The molecule has 0 aromatic carbocycles. The summed E-state index contributed by atoms with van der Waals surface area (Å²) < 4.78 is 28.2. The number of aromatic nitrogens is 2. The second-order valence-corrected chi connectivity index (χ2v) is 6.86. The average Bonchev–Trinajstić information content (AvgIpc) is 2.68. The Balaban J connectivity index is 3.03. The number of sulfonamides is 1. The summed E-state index contributed by atoms with van der Waals surface area (Å²) in [6, 6.07) is -0.858. The van der Waals surface area contributed by atoms with Crippen molar-refractivity contribution in [3.05, 3.63) is 11.5 Å². The van der Waals surface area contributed by atoms with Crippen molar-refractivity contribution in [3.8, 4) is 0 Å². The summed E-state index contributed by atoms with van der Waals surface area (Å²) in [6.45, 7) is 3.80. The van der Waals surface area contributed by atoms with Gasteiger partial charge in [-0.1, -0.05) is 25.4 Å². The molecule has 0 spiro atoms. The summed E-state index contributed by atoms with van der Waals surface area (Å²) in [5.74, 6) is -0.242. The van der Waals surface area contributed by atoms with Gasteiger partial charge < -0.3 is 9.88 Å². The van der Waals surface area contributed by atoms with Crippen LogP contribution in [0, 0.1) is 5.92 Å². The molecule has 0 aliphatic carbocycles. The first kappa shape index (κ1) is 16.9. The Hall–Kier alpha value is -1.12. The molecule has 0 saturated heterocycles. The van der Waals surface area contributed by atoms with Crippen LogP contribution in [0.5, 0.6) is 0 Å². The maximum absolute atomic E-state index is 12.2. The van der Waals surface area contributed by atoms with Gasteiger partial charge in [-0.05, 0) is 12.3 Å². The first-order valence-corrected chi connectivity index (χ1v) is 7.96. The number of rotatable bonds is 6. The van der Waals surface area contributed by atoms with E-state index in [4.69, 9.17) is 11.6 Å². The highest BCUT2D eigenvalue weighted by Gasteiger charge is 2.29. The highest BCUT2D eigenvalue weighted by Crippen LogP contribution is 2.19. The molecule has 20 heavy (non-hydrogen) atoms. The van der Waals surface area contributed by atoms with E-state index in [0.29, 0.717) is 6.42 Å². The molecule has 0 fully saturated rings. The Labute approximate surface area is 123 Å². The Bertz CT molecular complexity index is 582. The number of carbonyl (C=O) groups excluding carboxylic acids is 1. The van der Waals surface area contributed by atoms with Gasteiger partial charge in [0.05, 0.1) is 6.33 Å². The fraction of sp³-hybridized carbons (Fsp3) is 0.636. The molecular formula is C11H19ClN4O3S. The van der Waals surface area contributed by atoms with Gasteiger partial charge in [-0.3, -0.25) is 4.79 Å². The first-order chi connectivity index (χ1) is 9.19. The number of halogens is 1. The number of imidazole rings is 1. The number of hydrogen-bond acceptors (Lipinski definition) is 4. The predicted octanol–water partition coefficient (Wildman–Crippen LogP) is 0.512. The third-order valence-electron chi connectivity index (χ3n) is 2.66. The van der Waals surface area contributed by atoms with Crippen LogP contribution in [-0.4, -0.2) is 37.0 Å². The van der Waals surface area contributed by atoms with Gasteiger partial charge in [-0.2, -0.15) is 4.72 Å². The summed E-state index contributed by atoms with van der Waals surface area (Å²) in [4.78, 5) is 15.5. The highest BCUT2D eigenvalue weighted by molar-refractivity contribution is 7.89. The van der Waals surface area contributed by atoms with E-state index in [0.717, 1.165) is 0 Å². The molecule has 1 unspecified atom stereocenters. The number of likely N-dealkylation sites (N-methyl/N-ethyl adjacent to an activating group) is 1. The van der Waals surface area contributed by atoms with E-state index in [1.807, 2.05) is 13.8 Å². The Morgan fingerprint density at radius 1 is 1.50 bits per heavy atom. The zero-order valence-corrected chi connectivity index (χ0v) is 13.4. The molecule has 1 aromatic rings. The van der Waals surface area contributed by atoms with Crippen LogP contribution in [0.25, 0.3) is 0 Å². The van der Waals surface area contributed by atoms with Crippen LogP contribution in [0.15, 0.2) is 11.4 Å². The standard InChI is InChI=1S/C11H19ClN4O3S/c1-7(2)5-8(10(17)13-3)15-20(18,19)11-9(12)16(4)6-14-11/h6-8,15H,5H2,1-4H3,(H,13,17). The lowest BCUT2D eigenvalue weighted by Crippen LogP contribution is -2.46. The minimum absolute atomic E-state index is 0.00213. The van der Waals surface area contributed by atoms with Gasteiger partial charge in [0.1, 0.15) is 11.2 Å². The van der Waals surface area contributed by atoms with E-state index < -0.39 is 22.0 Å². The SMILES string of the molecule is CNC(=O)C(CC(C)C)NS(=O)(=O)c1ncn(C)c1Cl. The maximum Gasteiger partial charge on any atom is 0.261 e. The van der Waals surface area contributed by atoms with Crippen LogP contribution in [-0.2, 0) is 21.9 Å². The molecular weight excluding hydrogens is 304 g/mol. The summed E-state index contributed by atoms with van der Waals surface area (Å²) in [5.41, 5.74) is 0. The molecule has 0 saturated carbocycles. The van der Waals surface area contributed by atoms with Crippen molar-refractivity contribution >= 4 is 27.5 Å². The van der Waals surface area contributed by atoms with Crippen LogP contribution in [0.2, 0.25) is 5.15 Å². The second-order valence-electron chi connectivity index (χ2n) is 4.87. The fourth-order valence-corrected chi connectivity index (χ4v) is 3.31. The van der Waals surface area contributed by atoms with E-state index in [-0.39, 0.29) is 16.1 Å². The summed E-state index contributed by atoms with van der Waals surface area (Å²) in [7, 11) is -0.907.